The summed E-state index contributed by atoms with van der Waals surface area (Å²) in [7, 11) is 0. The lowest BCUT2D eigenvalue weighted by Crippen LogP contribution is -2.52. The van der Waals surface area contributed by atoms with Crippen LogP contribution in [-0.2, 0) is 4.79 Å². The number of urea groups is 1. The van der Waals surface area contributed by atoms with Gasteiger partial charge in [-0.1, -0.05) is 13.8 Å². The Balaban J connectivity index is 1.54. The molecule has 3 amide bonds. The predicted molar refractivity (Wildman–Crippen MR) is 103 cm³/mol. The Hall–Kier alpha value is -2.15. The van der Waals surface area contributed by atoms with Crippen LogP contribution in [-0.4, -0.2) is 60.1 Å². The number of nitrogens with zero attached hydrogens (tertiary/aromatic N) is 3. The fraction of sp³-hybridized carbons (Fsp3) is 0.600. The van der Waals surface area contributed by atoms with Crippen molar-refractivity contribution in [2.75, 3.05) is 37.7 Å². The maximum absolute atomic E-state index is 13.1. The molecule has 0 bridgehead atoms. The van der Waals surface area contributed by atoms with E-state index in [1.54, 1.807) is 12.1 Å². The number of piperazine rings is 1. The third-order valence-electron chi connectivity index (χ3n) is 5.47. The van der Waals surface area contributed by atoms with Gasteiger partial charge in [0.2, 0.25) is 0 Å². The summed E-state index contributed by atoms with van der Waals surface area (Å²) in [6, 6.07) is 6.19. The smallest absolute Gasteiger partial charge is 0.326 e. The molecule has 1 aromatic rings. The molecule has 2 aliphatic heterocycles. The lowest BCUT2D eigenvalue weighted by atomic mass is 9.92. The Labute approximate surface area is 160 Å². The first kappa shape index (κ1) is 19.6. The van der Waals surface area contributed by atoms with Crippen molar-refractivity contribution in [1.29, 1.82) is 0 Å². The normalized spacial score (nSPS) is 24.0. The first-order chi connectivity index (χ1) is 12.8. The number of anilines is 1. The van der Waals surface area contributed by atoms with E-state index in [4.69, 9.17) is 0 Å². The summed E-state index contributed by atoms with van der Waals surface area (Å²) in [6.45, 7) is 9.42. The zero-order chi connectivity index (χ0) is 19.6. The fourth-order valence-corrected chi connectivity index (χ4v) is 3.62. The molecular formula is C20H29FN4O2. The molecule has 0 aliphatic carbocycles. The minimum absolute atomic E-state index is 0.130. The van der Waals surface area contributed by atoms with E-state index in [-0.39, 0.29) is 17.8 Å². The zero-order valence-corrected chi connectivity index (χ0v) is 16.4. The molecule has 27 heavy (non-hydrogen) atoms. The maximum atomic E-state index is 13.1. The van der Waals surface area contributed by atoms with Crippen LogP contribution >= 0.6 is 0 Å². The van der Waals surface area contributed by atoms with E-state index >= 15 is 0 Å². The summed E-state index contributed by atoms with van der Waals surface area (Å²) in [4.78, 5) is 30.8. The topological polar surface area (TPSA) is 55.9 Å². The first-order valence-corrected chi connectivity index (χ1v) is 9.65. The van der Waals surface area contributed by atoms with Crippen molar-refractivity contribution in [3.63, 3.8) is 0 Å². The van der Waals surface area contributed by atoms with Crippen LogP contribution in [0, 0.1) is 11.7 Å². The van der Waals surface area contributed by atoms with Crippen molar-refractivity contribution in [2.45, 2.75) is 39.2 Å². The van der Waals surface area contributed by atoms with Gasteiger partial charge in [-0.25, -0.2) is 14.1 Å². The number of amides is 3. The number of benzene rings is 1. The van der Waals surface area contributed by atoms with Gasteiger partial charge in [0, 0.05) is 31.9 Å². The lowest BCUT2D eigenvalue weighted by Gasteiger charge is -2.37. The SMILES string of the molecule is CC(C)CC[C@@]1(C)NC(=O)N(CN2CCN(c3ccc(F)cc3)CC2)C1=O. The van der Waals surface area contributed by atoms with Gasteiger partial charge in [0.25, 0.3) is 5.91 Å². The van der Waals surface area contributed by atoms with E-state index in [9.17, 15) is 14.0 Å². The summed E-state index contributed by atoms with van der Waals surface area (Å²) in [5, 5.41) is 2.88. The quantitative estimate of drug-likeness (QED) is 0.776. The standard InChI is InChI=1S/C20H29FN4O2/c1-15(2)8-9-20(3)18(26)25(19(27)22-20)14-23-10-12-24(13-11-23)17-6-4-16(21)5-7-17/h4-7,15H,8-14H2,1-3H3,(H,22,27)/t20-/m1/s1. The van der Waals surface area contributed by atoms with Crippen LogP contribution in [0.2, 0.25) is 0 Å². The summed E-state index contributed by atoms with van der Waals surface area (Å²) < 4.78 is 13.1. The summed E-state index contributed by atoms with van der Waals surface area (Å²) in [5.41, 5.74) is 0.199. The summed E-state index contributed by atoms with van der Waals surface area (Å²) in [6.07, 6.45) is 1.55. The number of imide groups is 1. The molecule has 0 spiro atoms. The van der Waals surface area contributed by atoms with Crippen LogP contribution < -0.4 is 10.2 Å². The van der Waals surface area contributed by atoms with Crippen LogP contribution in [0.15, 0.2) is 24.3 Å². The Morgan fingerprint density at radius 3 is 2.33 bits per heavy atom. The third kappa shape index (κ3) is 4.40. The average molecular weight is 376 g/mol. The lowest BCUT2D eigenvalue weighted by molar-refractivity contribution is -0.132. The van der Waals surface area contributed by atoms with E-state index in [1.807, 2.05) is 6.92 Å². The van der Waals surface area contributed by atoms with Crippen LogP contribution in [0.5, 0.6) is 0 Å². The number of hydrogen-bond acceptors (Lipinski definition) is 4. The molecule has 2 aliphatic rings. The van der Waals surface area contributed by atoms with E-state index < -0.39 is 5.54 Å². The van der Waals surface area contributed by atoms with E-state index in [2.05, 4.69) is 29.0 Å². The average Bonchev–Trinajstić information content (AvgIpc) is 2.85. The number of hydrogen-bond donors (Lipinski definition) is 1. The van der Waals surface area contributed by atoms with Gasteiger partial charge in [-0.15, -0.1) is 0 Å². The van der Waals surface area contributed by atoms with Gasteiger partial charge in [-0.05, 0) is 49.9 Å². The second-order valence-corrected chi connectivity index (χ2v) is 8.15. The first-order valence-electron chi connectivity index (χ1n) is 9.65. The molecule has 2 saturated heterocycles. The molecule has 0 aromatic heterocycles. The molecular weight excluding hydrogens is 347 g/mol. The minimum Gasteiger partial charge on any atom is -0.369 e. The maximum Gasteiger partial charge on any atom is 0.326 e. The highest BCUT2D eigenvalue weighted by atomic mass is 19.1. The molecule has 0 unspecified atom stereocenters. The largest absolute Gasteiger partial charge is 0.369 e. The molecule has 1 N–H and O–H groups in total. The van der Waals surface area contributed by atoms with Gasteiger partial charge in [0.15, 0.2) is 0 Å². The Kier molecular flexibility index (Phi) is 5.69. The van der Waals surface area contributed by atoms with Crippen LogP contribution in [0.4, 0.5) is 14.9 Å². The monoisotopic (exact) mass is 376 g/mol. The molecule has 1 atom stereocenters. The predicted octanol–water partition coefficient (Wildman–Crippen LogP) is 2.65. The highest BCUT2D eigenvalue weighted by Crippen LogP contribution is 2.25. The number of carbonyl (C=O) groups is 2. The van der Waals surface area contributed by atoms with Crippen LogP contribution in [0.1, 0.15) is 33.6 Å². The zero-order valence-electron chi connectivity index (χ0n) is 16.4. The number of nitrogens with one attached hydrogen (secondary N) is 1. The van der Waals surface area contributed by atoms with Crippen molar-refractivity contribution in [3.05, 3.63) is 30.1 Å². The summed E-state index contributed by atoms with van der Waals surface area (Å²) in [5.74, 6) is 0.116. The molecule has 3 rings (SSSR count). The molecule has 148 valence electrons. The second-order valence-electron chi connectivity index (χ2n) is 8.15. The Morgan fingerprint density at radius 2 is 1.74 bits per heavy atom. The molecule has 2 heterocycles. The van der Waals surface area contributed by atoms with Crippen molar-refractivity contribution >= 4 is 17.6 Å². The van der Waals surface area contributed by atoms with E-state index in [1.165, 1.54) is 17.0 Å². The number of halogens is 1. The molecule has 1 aromatic carbocycles. The highest BCUT2D eigenvalue weighted by Gasteiger charge is 2.47. The van der Waals surface area contributed by atoms with E-state index in [0.29, 0.717) is 19.0 Å². The van der Waals surface area contributed by atoms with Gasteiger partial charge < -0.3 is 10.2 Å². The van der Waals surface area contributed by atoms with Crippen molar-refractivity contribution in [1.82, 2.24) is 15.1 Å². The molecule has 0 saturated carbocycles. The van der Waals surface area contributed by atoms with Gasteiger partial charge in [0.05, 0.1) is 6.67 Å². The minimum atomic E-state index is -0.794. The van der Waals surface area contributed by atoms with Gasteiger partial charge in [-0.3, -0.25) is 9.69 Å². The fourth-order valence-electron chi connectivity index (χ4n) is 3.62. The second kappa shape index (κ2) is 7.84. The van der Waals surface area contributed by atoms with Crippen molar-refractivity contribution in [3.8, 4) is 0 Å². The van der Waals surface area contributed by atoms with Gasteiger partial charge >= 0.3 is 6.03 Å². The van der Waals surface area contributed by atoms with Gasteiger partial charge in [0.1, 0.15) is 11.4 Å². The molecule has 2 fully saturated rings. The molecule has 6 nitrogen and oxygen atoms in total. The van der Waals surface area contributed by atoms with Crippen LogP contribution in [0.25, 0.3) is 0 Å². The summed E-state index contributed by atoms with van der Waals surface area (Å²) >= 11 is 0. The molecule has 7 heteroatoms. The Bertz CT molecular complexity index is 686. The van der Waals surface area contributed by atoms with Gasteiger partial charge in [-0.2, -0.15) is 0 Å². The van der Waals surface area contributed by atoms with Crippen molar-refractivity contribution in [2.24, 2.45) is 5.92 Å². The Morgan fingerprint density at radius 1 is 1.11 bits per heavy atom. The molecule has 0 radical (unpaired) electrons. The third-order valence-corrected chi connectivity index (χ3v) is 5.47. The van der Waals surface area contributed by atoms with E-state index in [0.717, 1.165) is 38.3 Å². The highest BCUT2D eigenvalue weighted by molar-refractivity contribution is 6.06. The van der Waals surface area contributed by atoms with Crippen molar-refractivity contribution < 1.29 is 14.0 Å². The van der Waals surface area contributed by atoms with Crippen LogP contribution in [0.3, 0.4) is 0 Å². The number of rotatable bonds is 6. The number of carbonyl (C=O) groups excluding carboxylic acids is 2.